The predicted octanol–water partition coefficient (Wildman–Crippen LogP) is 3.43. The van der Waals surface area contributed by atoms with Crippen LogP contribution < -0.4 is 5.32 Å². The number of hydrogen-bond donors (Lipinski definition) is 1. The van der Waals surface area contributed by atoms with Crippen LogP contribution in [0.2, 0.25) is 0 Å². The molecule has 0 saturated carbocycles. The van der Waals surface area contributed by atoms with Crippen molar-refractivity contribution in [2.75, 3.05) is 0 Å². The summed E-state index contributed by atoms with van der Waals surface area (Å²) in [5.41, 5.74) is 3.81. The molecule has 0 unspecified atom stereocenters. The Morgan fingerprint density at radius 1 is 1.18 bits per heavy atom. The number of rotatable bonds is 5. The number of nitrogens with one attached hydrogen (secondary N) is 1. The lowest BCUT2D eigenvalue weighted by Gasteiger charge is -2.15. The molecule has 22 heavy (non-hydrogen) atoms. The molecule has 0 fully saturated rings. The summed E-state index contributed by atoms with van der Waals surface area (Å²) in [6.45, 7) is 5.11. The van der Waals surface area contributed by atoms with E-state index in [1.807, 2.05) is 23.0 Å². The first kappa shape index (κ1) is 14.5. The van der Waals surface area contributed by atoms with Gasteiger partial charge in [-0.2, -0.15) is 0 Å². The van der Waals surface area contributed by atoms with Gasteiger partial charge in [0.2, 0.25) is 0 Å². The van der Waals surface area contributed by atoms with Gasteiger partial charge in [0, 0.05) is 31.2 Å². The SMILES string of the molecule is Cc1cccc([C@H](C)NCc2ccnc(-n3ccnc3)c2)c1. The highest BCUT2D eigenvalue weighted by atomic mass is 15.1. The summed E-state index contributed by atoms with van der Waals surface area (Å²) in [6, 6.07) is 13.0. The fraction of sp³-hybridized carbons (Fsp3) is 0.222. The van der Waals surface area contributed by atoms with Crippen LogP contribution in [0.4, 0.5) is 0 Å². The fourth-order valence-corrected chi connectivity index (χ4v) is 2.43. The number of aryl methyl sites for hydroxylation is 1. The standard InChI is InChI=1S/C18H20N4/c1-14-4-3-5-17(10-14)15(2)21-12-16-6-7-20-18(11-16)22-9-8-19-13-22/h3-11,13,15,21H,12H2,1-2H3/t15-/m0/s1. The summed E-state index contributed by atoms with van der Waals surface area (Å²) in [6.07, 6.45) is 7.25. The average molecular weight is 292 g/mol. The van der Waals surface area contributed by atoms with Crippen molar-refractivity contribution in [2.45, 2.75) is 26.4 Å². The number of aromatic nitrogens is 3. The van der Waals surface area contributed by atoms with Gasteiger partial charge in [-0.1, -0.05) is 29.8 Å². The Hall–Kier alpha value is -2.46. The van der Waals surface area contributed by atoms with Gasteiger partial charge in [-0.3, -0.25) is 4.57 Å². The highest BCUT2D eigenvalue weighted by Crippen LogP contribution is 2.15. The lowest BCUT2D eigenvalue weighted by molar-refractivity contribution is 0.574. The molecule has 0 bridgehead atoms. The second-order valence-electron chi connectivity index (χ2n) is 5.51. The summed E-state index contributed by atoms with van der Waals surface area (Å²) in [4.78, 5) is 8.43. The van der Waals surface area contributed by atoms with Crippen LogP contribution in [0.3, 0.4) is 0 Å². The number of pyridine rings is 1. The second kappa shape index (κ2) is 6.54. The van der Waals surface area contributed by atoms with Gasteiger partial charge in [0.05, 0.1) is 0 Å². The largest absolute Gasteiger partial charge is 0.306 e. The minimum Gasteiger partial charge on any atom is -0.306 e. The van der Waals surface area contributed by atoms with Crippen LogP contribution in [0.1, 0.15) is 29.7 Å². The molecule has 0 aliphatic rings. The van der Waals surface area contributed by atoms with Gasteiger partial charge < -0.3 is 5.32 Å². The molecule has 0 aliphatic carbocycles. The third-order valence-electron chi connectivity index (χ3n) is 3.73. The maximum Gasteiger partial charge on any atom is 0.138 e. The highest BCUT2D eigenvalue weighted by molar-refractivity contribution is 5.28. The smallest absolute Gasteiger partial charge is 0.138 e. The van der Waals surface area contributed by atoms with Crippen molar-refractivity contribution >= 4 is 0 Å². The van der Waals surface area contributed by atoms with Crippen LogP contribution in [0.15, 0.2) is 61.3 Å². The van der Waals surface area contributed by atoms with E-state index in [1.165, 1.54) is 16.7 Å². The molecule has 4 heteroatoms. The molecular weight excluding hydrogens is 272 g/mol. The van der Waals surface area contributed by atoms with Crippen LogP contribution >= 0.6 is 0 Å². The molecule has 2 aromatic heterocycles. The van der Waals surface area contributed by atoms with Gasteiger partial charge in [0.1, 0.15) is 12.1 Å². The first-order valence-electron chi connectivity index (χ1n) is 7.45. The number of nitrogens with zero attached hydrogens (tertiary/aromatic N) is 3. The van der Waals surface area contributed by atoms with E-state index in [4.69, 9.17) is 0 Å². The van der Waals surface area contributed by atoms with E-state index in [0.717, 1.165) is 12.4 Å². The molecule has 4 nitrogen and oxygen atoms in total. The molecule has 1 aromatic carbocycles. The van der Waals surface area contributed by atoms with Crippen LogP contribution in [-0.2, 0) is 6.54 Å². The van der Waals surface area contributed by atoms with Gasteiger partial charge in [-0.05, 0) is 37.1 Å². The molecule has 0 aliphatic heterocycles. The van der Waals surface area contributed by atoms with Crippen molar-refractivity contribution in [1.29, 1.82) is 0 Å². The average Bonchev–Trinajstić information content (AvgIpc) is 3.07. The molecular formula is C18H20N4. The van der Waals surface area contributed by atoms with Gasteiger partial charge >= 0.3 is 0 Å². The third-order valence-corrected chi connectivity index (χ3v) is 3.73. The molecule has 2 heterocycles. The molecule has 0 radical (unpaired) electrons. The number of imidazole rings is 1. The normalized spacial score (nSPS) is 12.3. The van der Waals surface area contributed by atoms with Gasteiger partial charge in [-0.15, -0.1) is 0 Å². The summed E-state index contributed by atoms with van der Waals surface area (Å²) >= 11 is 0. The molecule has 0 saturated heterocycles. The maximum atomic E-state index is 4.37. The van der Waals surface area contributed by atoms with E-state index in [2.05, 4.69) is 59.5 Å². The lowest BCUT2D eigenvalue weighted by atomic mass is 10.1. The topological polar surface area (TPSA) is 42.7 Å². The van der Waals surface area contributed by atoms with Gasteiger partial charge in [0.15, 0.2) is 0 Å². The number of hydrogen-bond acceptors (Lipinski definition) is 3. The van der Waals surface area contributed by atoms with E-state index in [-0.39, 0.29) is 0 Å². The van der Waals surface area contributed by atoms with Crippen LogP contribution in [0, 0.1) is 6.92 Å². The van der Waals surface area contributed by atoms with Crippen molar-refractivity contribution in [3.05, 3.63) is 78.0 Å². The lowest BCUT2D eigenvalue weighted by Crippen LogP contribution is -2.18. The fourth-order valence-electron chi connectivity index (χ4n) is 2.43. The van der Waals surface area contributed by atoms with E-state index in [0.29, 0.717) is 6.04 Å². The molecule has 1 N–H and O–H groups in total. The van der Waals surface area contributed by atoms with Crippen molar-refractivity contribution in [2.24, 2.45) is 0 Å². The Bertz CT molecular complexity index is 734. The summed E-state index contributed by atoms with van der Waals surface area (Å²) in [5.74, 6) is 0.889. The van der Waals surface area contributed by atoms with Crippen LogP contribution in [0.5, 0.6) is 0 Å². The summed E-state index contributed by atoms with van der Waals surface area (Å²) in [5, 5.41) is 3.56. The van der Waals surface area contributed by atoms with Crippen molar-refractivity contribution in [3.63, 3.8) is 0 Å². The van der Waals surface area contributed by atoms with E-state index in [9.17, 15) is 0 Å². The molecule has 1 atom stereocenters. The van der Waals surface area contributed by atoms with E-state index in [1.54, 1.807) is 12.5 Å². The van der Waals surface area contributed by atoms with Crippen molar-refractivity contribution in [1.82, 2.24) is 19.9 Å². The Labute approximate surface area is 130 Å². The molecule has 0 spiro atoms. The zero-order chi connectivity index (χ0) is 15.4. The Morgan fingerprint density at radius 2 is 2.09 bits per heavy atom. The summed E-state index contributed by atoms with van der Waals surface area (Å²) in [7, 11) is 0. The quantitative estimate of drug-likeness (QED) is 0.783. The van der Waals surface area contributed by atoms with Crippen molar-refractivity contribution in [3.8, 4) is 5.82 Å². The van der Waals surface area contributed by atoms with E-state index >= 15 is 0 Å². The zero-order valence-electron chi connectivity index (χ0n) is 12.9. The monoisotopic (exact) mass is 292 g/mol. The molecule has 3 rings (SSSR count). The van der Waals surface area contributed by atoms with Crippen LogP contribution in [-0.4, -0.2) is 14.5 Å². The highest BCUT2D eigenvalue weighted by Gasteiger charge is 2.06. The van der Waals surface area contributed by atoms with Gasteiger partial charge in [-0.25, -0.2) is 9.97 Å². The first-order chi connectivity index (χ1) is 10.7. The van der Waals surface area contributed by atoms with E-state index < -0.39 is 0 Å². The summed E-state index contributed by atoms with van der Waals surface area (Å²) < 4.78 is 1.91. The number of benzene rings is 1. The Kier molecular flexibility index (Phi) is 4.30. The minimum absolute atomic E-state index is 0.310. The first-order valence-corrected chi connectivity index (χ1v) is 7.45. The predicted molar refractivity (Wildman–Crippen MR) is 87.8 cm³/mol. The van der Waals surface area contributed by atoms with Gasteiger partial charge in [0.25, 0.3) is 0 Å². The third kappa shape index (κ3) is 3.40. The van der Waals surface area contributed by atoms with Crippen molar-refractivity contribution < 1.29 is 0 Å². The molecule has 0 amide bonds. The molecule has 112 valence electrons. The second-order valence-corrected chi connectivity index (χ2v) is 5.51. The molecule has 3 aromatic rings. The Balaban J connectivity index is 1.68. The Morgan fingerprint density at radius 3 is 2.86 bits per heavy atom. The maximum absolute atomic E-state index is 4.37. The minimum atomic E-state index is 0.310. The zero-order valence-corrected chi connectivity index (χ0v) is 12.9. The van der Waals surface area contributed by atoms with Crippen LogP contribution in [0.25, 0.3) is 5.82 Å².